The molecule has 3 aromatic carbocycles. The van der Waals surface area contributed by atoms with Gasteiger partial charge in [-0.15, -0.1) is 0 Å². The molecule has 0 radical (unpaired) electrons. The van der Waals surface area contributed by atoms with E-state index >= 15 is 0 Å². The molecular formula is C22H19ClFN3O4S2. The summed E-state index contributed by atoms with van der Waals surface area (Å²) >= 11 is 5.90. The van der Waals surface area contributed by atoms with Crippen LogP contribution < -0.4 is 4.72 Å². The first-order valence-electron chi connectivity index (χ1n) is 9.74. The van der Waals surface area contributed by atoms with Gasteiger partial charge >= 0.3 is 0 Å². The average molecular weight is 508 g/mol. The summed E-state index contributed by atoms with van der Waals surface area (Å²) in [7, 11) is -7.55. The molecule has 0 spiro atoms. The molecule has 3 aromatic rings. The van der Waals surface area contributed by atoms with Crippen LogP contribution >= 0.6 is 11.6 Å². The van der Waals surface area contributed by atoms with E-state index in [1.165, 1.54) is 48.5 Å². The Labute approximate surface area is 196 Å². The maximum absolute atomic E-state index is 13.5. The smallest absolute Gasteiger partial charge is 0.279 e. The molecule has 172 valence electrons. The fourth-order valence-corrected chi connectivity index (χ4v) is 5.62. The molecule has 0 aliphatic carbocycles. The molecule has 0 bridgehead atoms. The van der Waals surface area contributed by atoms with Crippen LogP contribution in [0.2, 0.25) is 5.02 Å². The van der Waals surface area contributed by atoms with Gasteiger partial charge in [0.25, 0.3) is 10.0 Å². The number of halogens is 2. The van der Waals surface area contributed by atoms with Crippen molar-refractivity contribution in [1.29, 1.82) is 0 Å². The van der Waals surface area contributed by atoms with Crippen LogP contribution in [0, 0.1) is 5.82 Å². The number of anilines is 1. The summed E-state index contributed by atoms with van der Waals surface area (Å²) in [5.41, 5.74) is 1.90. The molecule has 0 aromatic heterocycles. The molecular weight excluding hydrogens is 489 g/mol. The lowest BCUT2D eigenvalue weighted by Gasteiger charge is -2.23. The molecule has 7 nitrogen and oxygen atoms in total. The van der Waals surface area contributed by atoms with Crippen molar-refractivity contribution in [3.63, 3.8) is 0 Å². The zero-order chi connectivity index (χ0) is 23.8. The Balaban J connectivity index is 1.78. The van der Waals surface area contributed by atoms with Gasteiger partial charge in [0, 0.05) is 17.1 Å². The minimum atomic E-state index is -4.06. The van der Waals surface area contributed by atoms with Crippen molar-refractivity contribution < 1.29 is 21.2 Å². The minimum Gasteiger partial charge on any atom is -0.284 e. The summed E-state index contributed by atoms with van der Waals surface area (Å²) in [6.07, 6.45) is 1.25. The highest BCUT2D eigenvalue weighted by Crippen LogP contribution is 2.37. The third-order valence-corrected chi connectivity index (χ3v) is 7.54. The molecule has 33 heavy (non-hydrogen) atoms. The van der Waals surface area contributed by atoms with E-state index in [0.717, 1.165) is 10.7 Å². The highest BCUT2D eigenvalue weighted by Gasteiger charge is 2.37. The lowest BCUT2D eigenvalue weighted by molar-refractivity contribution is 0.371. The van der Waals surface area contributed by atoms with E-state index in [0.29, 0.717) is 27.5 Å². The van der Waals surface area contributed by atoms with E-state index in [4.69, 9.17) is 11.6 Å². The maximum atomic E-state index is 13.5. The average Bonchev–Trinajstić information content (AvgIpc) is 3.20. The van der Waals surface area contributed by atoms with E-state index in [1.807, 2.05) is 0 Å². The lowest BCUT2D eigenvalue weighted by Crippen LogP contribution is -2.27. The molecule has 0 fully saturated rings. The van der Waals surface area contributed by atoms with Gasteiger partial charge in [0.1, 0.15) is 5.82 Å². The van der Waals surface area contributed by atoms with Crippen LogP contribution in [0.1, 0.15) is 23.6 Å². The zero-order valence-electron chi connectivity index (χ0n) is 17.3. The number of benzene rings is 3. The Bertz CT molecular complexity index is 1430. The minimum absolute atomic E-state index is 0.0107. The third-order valence-electron chi connectivity index (χ3n) is 4.98. The highest BCUT2D eigenvalue weighted by molar-refractivity contribution is 7.92. The molecule has 1 aliphatic heterocycles. The number of rotatable bonds is 6. The van der Waals surface area contributed by atoms with Crippen LogP contribution in [-0.4, -0.2) is 33.2 Å². The molecule has 1 N–H and O–H groups in total. The van der Waals surface area contributed by atoms with Gasteiger partial charge in [0.15, 0.2) is 0 Å². The molecule has 4 rings (SSSR count). The van der Waals surface area contributed by atoms with Crippen molar-refractivity contribution in [1.82, 2.24) is 4.41 Å². The fraction of sp³-hybridized carbons (Fsp3) is 0.136. The number of nitrogens with zero attached hydrogens (tertiary/aromatic N) is 2. The topological polar surface area (TPSA) is 95.9 Å². The maximum Gasteiger partial charge on any atom is 0.279 e. The summed E-state index contributed by atoms with van der Waals surface area (Å²) in [5, 5.41) is 4.80. The van der Waals surface area contributed by atoms with Crippen molar-refractivity contribution in [2.45, 2.75) is 17.4 Å². The van der Waals surface area contributed by atoms with Crippen molar-refractivity contribution >= 4 is 43.0 Å². The van der Waals surface area contributed by atoms with Crippen LogP contribution in [0.15, 0.2) is 82.8 Å². The predicted octanol–water partition coefficient (Wildman–Crippen LogP) is 4.39. The van der Waals surface area contributed by atoms with Gasteiger partial charge in [-0.2, -0.15) is 17.9 Å². The van der Waals surface area contributed by atoms with E-state index in [-0.39, 0.29) is 11.3 Å². The Morgan fingerprint density at radius 1 is 1.00 bits per heavy atom. The van der Waals surface area contributed by atoms with Crippen LogP contribution in [-0.2, 0) is 20.0 Å². The Morgan fingerprint density at radius 2 is 1.67 bits per heavy atom. The highest BCUT2D eigenvalue weighted by atomic mass is 35.5. The van der Waals surface area contributed by atoms with Crippen molar-refractivity contribution in [3.05, 3.63) is 94.8 Å². The number of nitrogens with one attached hydrogen (secondary N) is 1. The van der Waals surface area contributed by atoms with Crippen LogP contribution in [0.4, 0.5) is 10.1 Å². The van der Waals surface area contributed by atoms with Gasteiger partial charge in [-0.1, -0.05) is 35.9 Å². The summed E-state index contributed by atoms with van der Waals surface area (Å²) in [4.78, 5) is 0.0107. The SMILES string of the molecule is CS(=O)(=O)Nc1cccc(C2=NN(S(=O)(=O)c3ccc(Cl)cc3)[C@@H](c3ccc(F)cc3)C2)c1. The molecule has 0 amide bonds. The summed E-state index contributed by atoms with van der Waals surface area (Å²) in [6.45, 7) is 0. The van der Waals surface area contributed by atoms with Gasteiger partial charge < -0.3 is 0 Å². The Kier molecular flexibility index (Phi) is 6.17. The molecule has 0 saturated carbocycles. The standard InChI is InChI=1S/C22H19ClFN3O4S2/c1-32(28,29)26-19-4-2-3-16(13-19)21-14-22(15-5-9-18(24)10-6-15)27(25-21)33(30,31)20-11-7-17(23)8-12-20/h2-13,22,26H,14H2,1H3/t22-/m1/s1. The number of hydrazone groups is 1. The molecule has 1 atom stereocenters. The van der Waals surface area contributed by atoms with Crippen LogP contribution in [0.25, 0.3) is 0 Å². The lowest BCUT2D eigenvalue weighted by atomic mass is 9.99. The Hall–Kier alpha value is -2.95. The largest absolute Gasteiger partial charge is 0.284 e. The number of hydrogen-bond acceptors (Lipinski definition) is 5. The second-order valence-electron chi connectivity index (χ2n) is 7.50. The summed E-state index contributed by atoms with van der Waals surface area (Å²) < 4.78 is 67.0. The predicted molar refractivity (Wildman–Crippen MR) is 126 cm³/mol. The fourth-order valence-electron chi connectivity index (χ4n) is 3.51. The van der Waals surface area contributed by atoms with Crippen molar-refractivity contribution in [3.8, 4) is 0 Å². The Morgan fingerprint density at radius 3 is 2.30 bits per heavy atom. The van der Waals surface area contributed by atoms with Gasteiger partial charge in [0.05, 0.1) is 22.9 Å². The second-order valence-corrected chi connectivity index (χ2v) is 11.5. The van der Waals surface area contributed by atoms with E-state index in [2.05, 4.69) is 9.82 Å². The molecule has 1 aliphatic rings. The van der Waals surface area contributed by atoms with Gasteiger partial charge in [-0.25, -0.2) is 12.8 Å². The van der Waals surface area contributed by atoms with Gasteiger partial charge in [-0.05, 0) is 59.7 Å². The molecule has 11 heteroatoms. The molecule has 0 unspecified atom stereocenters. The number of hydrogen-bond donors (Lipinski definition) is 1. The van der Waals surface area contributed by atoms with Crippen LogP contribution in [0.5, 0.6) is 0 Å². The van der Waals surface area contributed by atoms with Crippen molar-refractivity contribution in [2.75, 3.05) is 11.0 Å². The molecule has 1 heterocycles. The van der Waals surface area contributed by atoms with Crippen LogP contribution in [0.3, 0.4) is 0 Å². The van der Waals surface area contributed by atoms with Crippen molar-refractivity contribution in [2.24, 2.45) is 5.10 Å². The zero-order valence-corrected chi connectivity index (χ0v) is 19.7. The first-order chi connectivity index (χ1) is 15.5. The summed E-state index contributed by atoms with van der Waals surface area (Å²) in [6, 6.07) is 17.1. The van der Waals surface area contributed by atoms with E-state index in [9.17, 15) is 21.2 Å². The second kappa shape index (κ2) is 8.77. The monoisotopic (exact) mass is 507 g/mol. The van der Waals surface area contributed by atoms with Gasteiger partial charge in [0.2, 0.25) is 10.0 Å². The quantitative estimate of drug-likeness (QED) is 0.535. The molecule has 0 saturated heterocycles. The summed E-state index contributed by atoms with van der Waals surface area (Å²) in [5.74, 6) is -0.440. The normalized spacial score (nSPS) is 16.5. The first-order valence-corrected chi connectivity index (χ1v) is 13.4. The van der Waals surface area contributed by atoms with E-state index in [1.54, 1.807) is 24.3 Å². The van der Waals surface area contributed by atoms with E-state index < -0.39 is 31.9 Å². The third kappa shape index (κ3) is 5.18. The first kappa shape index (κ1) is 23.2. The number of sulfonamides is 2. The van der Waals surface area contributed by atoms with Gasteiger partial charge in [-0.3, -0.25) is 4.72 Å².